The first kappa shape index (κ1) is 24.2. The zero-order valence-electron chi connectivity index (χ0n) is 19.2. The van der Waals surface area contributed by atoms with Gasteiger partial charge in [0.15, 0.2) is 0 Å². The molecule has 3 N–H and O–H groups in total. The molecular formula is C25H45N3O. The van der Waals surface area contributed by atoms with E-state index in [2.05, 4.69) is 55.3 Å². The number of anilines is 1. The molecule has 0 radical (unpaired) electrons. The predicted octanol–water partition coefficient (Wildman–Crippen LogP) is 4.96. The van der Waals surface area contributed by atoms with Crippen molar-refractivity contribution in [2.24, 2.45) is 17.6 Å². The average molecular weight is 404 g/mol. The van der Waals surface area contributed by atoms with Gasteiger partial charge in [0.25, 0.3) is 0 Å². The van der Waals surface area contributed by atoms with Crippen LogP contribution in [-0.4, -0.2) is 38.9 Å². The molecule has 4 nitrogen and oxygen atoms in total. The second kappa shape index (κ2) is 14.0. The molecule has 2 heterocycles. The molecule has 0 bridgehead atoms. The molecule has 0 saturated carbocycles. The second-order valence-electron chi connectivity index (χ2n) is 8.91. The molecule has 0 amide bonds. The Morgan fingerprint density at radius 3 is 2.34 bits per heavy atom. The molecule has 0 aromatic heterocycles. The Hall–Kier alpha value is -1.10. The van der Waals surface area contributed by atoms with E-state index in [1.54, 1.807) is 0 Å². The van der Waals surface area contributed by atoms with Crippen molar-refractivity contribution in [2.45, 2.75) is 78.3 Å². The van der Waals surface area contributed by atoms with Crippen LogP contribution in [0.15, 0.2) is 24.3 Å². The van der Waals surface area contributed by atoms with Crippen LogP contribution < -0.4 is 16.0 Å². The van der Waals surface area contributed by atoms with Crippen molar-refractivity contribution < 1.29 is 4.74 Å². The number of ether oxygens (including phenoxy) is 1. The molecule has 3 atom stereocenters. The van der Waals surface area contributed by atoms with E-state index in [-0.39, 0.29) is 0 Å². The van der Waals surface area contributed by atoms with Crippen LogP contribution in [-0.2, 0) is 11.3 Å². The highest BCUT2D eigenvalue weighted by Crippen LogP contribution is 2.33. The maximum absolute atomic E-state index is 5.63. The minimum absolute atomic E-state index is 0.404. The van der Waals surface area contributed by atoms with Crippen LogP contribution in [0.3, 0.4) is 0 Å². The van der Waals surface area contributed by atoms with Gasteiger partial charge < -0.3 is 20.7 Å². The van der Waals surface area contributed by atoms with Crippen molar-refractivity contribution >= 4 is 5.69 Å². The average Bonchev–Trinajstić information content (AvgIpc) is 3.32. The highest BCUT2D eigenvalue weighted by Gasteiger charge is 2.37. The molecule has 3 unspecified atom stereocenters. The van der Waals surface area contributed by atoms with Gasteiger partial charge in [0.05, 0.1) is 13.2 Å². The lowest BCUT2D eigenvalue weighted by Gasteiger charge is -2.23. The summed E-state index contributed by atoms with van der Waals surface area (Å²) in [7, 11) is 0. The molecule has 166 valence electrons. The number of fused-ring (bicyclic) bond motifs is 1. The quantitative estimate of drug-likeness (QED) is 0.513. The molecule has 29 heavy (non-hydrogen) atoms. The van der Waals surface area contributed by atoms with Gasteiger partial charge in [-0.25, -0.2) is 0 Å². The van der Waals surface area contributed by atoms with Gasteiger partial charge >= 0.3 is 0 Å². The molecule has 3 rings (SSSR count). The summed E-state index contributed by atoms with van der Waals surface area (Å²) in [5, 5.41) is 3.43. The van der Waals surface area contributed by atoms with Gasteiger partial charge in [-0.05, 0) is 31.5 Å². The van der Waals surface area contributed by atoms with E-state index in [0.29, 0.717) is 6.04 Å². The summed E-state index contributed by atoms with van der Waals surface area (Å²) in [5.41, 5.74) is 8.46. The molecule has 2 saturated heterocycles. The van der Waals surface area contributed by atoms with Crippen LogP contribution in [0.25, 0.3) is 0 Å². The summed E-state index contributed by atoms with van der Waals surface area (Å²) in [6, 6.07) is 9.18. The van der Waals surface area contributed by atoms with Crippen molar-refractivity contribution in [3.8, 4) is 0 Å². The largest absolute Gasteiger partial charge is 0.381 e. The van der Waals surface area contributed by atoms with Gasteiger partial charge in [0.2, 0.25) is 0 Å². The maximum atomic E-state index is 5.63. The summed E-state index contributed by atoms with van der Waals surface area (Å²) >= 11 is 0. The molecular weight excluding hydrogens is 358 g/mol. The Kier molecular flexibility index (Phi) is 11.7. The van der Waals surface area contributed by atoms with E-state index in [1.165, 1.54) is 56.2 Å². The zero-order valence-corrected chi connectivity index (χ0v) is 19.2. The van der Waals surface area contributed by atoms with Gasteiger partial charge in [-0.3, -0.25) is 0 Å². The van der Waals surface area contributed by atoms with Gasteiger partial charge in [-0.2, -0.15) is 0 Å². The highest BCUT2D eigenvalue weighted by atomic mass is 16.5. The third kappa shape index (κ3) is 8.65. The SMILES string of the molecule is CCCCCCCCC(C)N.CCNCc1ccccc1N1CC2COCC2C1. The number of rotatable bonds is 11. The fraction of sp³-hybridized carbons (Fsp3) is 0.760. The van der Waals surface area contributed by atoms with Crippen molar-refractivity contribution in [3.05, 3.63) is 29.8 Å². The topological polar surface area (TPSA) is 50.5 Å². The fourth-order valence-corrected chi connectivity index (χ4v) is 4.36. The predicted molar refractivity (Wildman–Crippen MR) is 125 cm³/mol. The standard InChI is InChI=1S/C15H22N2O.C10H23N/c1-2-16-7-12-5-3-4-6-15(12)17-8-13-10-18-11-14(13)9-17;1-3-4-5-6-7-8-9-10(2)11/h3-6,13-14,16H,2,7-11H2,1H3;10H,3-9,11H2,1-2H3. The Morgan fingerprint density at radius 2 is 1.69 bits per heavy atom. The molecule has 1 aromatic rings. The first-order valence-electron chi connectivity index (χ1n) is 12.0. The van der Waals surface area contributed by atoms with E-state index in [4.69, 9.17) is 10.5 Å². The first-order chi connectivity index (χ1) is 14.2. The summed E-state index contributed by atoms with van der Waals surface area (Å²) in [5.74, 6) is 1.49. The van der Waals surface area contributed by atoms with Crippen LogP contribution in [0.2, 0.25) is 0 Å². The number of nitrogens with zero attached hydrogens (tertiary/aromatic N) is 1. The van der Waals surface area contributed by atoms with Crippen LogP contribution in [0.1, 0.15) is 71.3 Å². The van der Waals surface area contributed by atoms with Crippen molar-refractivity contribution in [1.82, 2.24) is 5.32 Å². The number of nitrogens with one attached hydrogen (secondary N) is 1. The number of benzene rings is 1. The Morgan fingerprint density at radius 1 is 1.03 bits per heavy atom. The van der Waals surface area contributed by atoms with Crippen LogP contribution in [0.4, 0.5) is 5.69 Å². The van der Waals surface area contributed by atoms with E-state index in [0.717, 1.165) is 51.2 Å². The molecule has 2 fully saturated rings. The van der Waals surface area contributed by atoms with Crippen LogP contribution >= 0.6 is 0 Å². The molecule has 0 spiro atoms. The minimum Gasteiger partial charge on any atom is -0.381 e. The first-order valence-corrected chi connectivity index (χ1v) is 12.0. The molecule has 2 aliphatic heterocycles. The number of hydrogen-bond acceptors (Lipinski definition) is 4. The van der Waals surface area contributed by atoms with Crippen LogP contribution in [0.5, 0.6) is 0 Å². The Labute approximate surface area is 179 Å². The molecule has 4 heteroatoms. The van der Waals surface area contributed by atoms with E-state index in [1.807, 2.05) is 0 Å². The van der Waals surface area contributed by atoms with Crippen molar-refractivity contribution in [3.63, 3.8) is 0 Å². The second-order valence-corrected chi connectivity index (χ2v) is 8.91. The van der Waals surface area contributed by atoms with Gasteiger partial charge in [0.1, 0.15) is 0 Å². The smallest absolute Gasteiger partial charge is 0.0515 e. The number of nitrogens with two attached hydrogens (primary N) is 1. The normalized spacial score (nSPS) is 21.6. The number of unbranched alkanes of at least 4 members (excludes halogenated alkanes) is 5. The molecule has 1 aromatic carbocycles. The minimum atomic E-state index is 0.404. The summed E-state index contributed by atoms with van der Waals surface area (Å²) in [6.07, 6.45) is 9.45. The third-order valence-corrected chi connectivity index (χ3v) is 6.15. The monoisotopic (exact) mass is 403 g/mol. The summed E-state index contributed by atoms with van der Waals surface area (Å²) in [6.45, 7) is 12.7. The lowest BCUT2D eigenvalue weighted by molar-refractivity contribution is 0.177. The van der Waals surface area contributed by atoms with E-state index >= 15 is 0 Å². The summed E-state index contributed by atoms with van der Waals surface area (Å²) < 4.78 is 5.55. The number of para-hydroxylation sites is 1. The Bertz CT molecular complexity index is 537. The Balaban J connectivity index is 0.000000237. The maximum Gasteiger partial charge on any atom is 0.0515 e. The fourth-order valence-electron chi connectivity index (χ4n) is 4.36. The zero-order chi connectivity index (χ0) is 20.9. The van der Waals surface area contributed by atoms with Crippen LogP contribution in [0, 0.1) is 11.8 Å². The molecule has 0 aliphatic carbocycles. The van der Waals surface area contributed by atoms with Gasteiger partial charge in [0, 0.05) is 43.2 Å². The lowest BCUT2D eigenvalue weighted by Crippen LogP contribution is -2.24. The third-order valence-electron chi connectivity index (χ3n) is 6.15. The van der Waals surface area contributed by atoms with E-state index in [9.17, 15) is 0 Å². The van der Waals surface area contributed by atoms with Crippen molar-refractivity contribution in [2.75, 3.05) is 37.7 Å². The lowest BCUT2D eigenvalue weighted by atomic mass is 10.0. The van der Waals surface area contributed by atoms with Crippen molar-refractivity contribution in [1.29, 1.82) is 0 Å². The molecule has 2 aliphatic rings. The van der Waals surface area contributed by atoms with Gasteiger partial charge in [-0.1, -0.05) is 70.6 Å². The highest BCUT2D eigenvalue weighted by molar-refractivity contribution is 5.54. The van der Waals surface area contributed by atoms with Gasteiger partial charge in [-0.15, -0.1) is 0 Å². The number of hydrogen-bond donors (Lipinski definition) is 2. The van der Waals surface area contributed by atoms with E-state index < -0.39 is 0 Å². The summed E-state index contributed by atoms with van der Waals surface area (Å²) in [4.78, 5) is 2.55.